The van der Waals surface area contributed by atoms with Crippen LogP contribution in [0.1, 0.15) is 26.2 Å². The number of fused-ring (bicyclic) bond motifs is 1. The van der Waals surface area contributed by atoms with Crippen LogP contribution in [0.5, 0.6) is 0 Å². The van der Waals surface area contributed by atoms with E-state index in [9.17, 15) is 0 Å². The molecule has 1 atom stereocenters. The molecule has 3 rings (SSSR count). The molecule has 0 radical (unpaired) electrons. The predicted molar refractivity (Wildman–Crippen MR) is 84.6 cm³/mol. The van der Waals surface area contributed by atoms with Crippen molar-refractivity contribution in [3.8, 4) is 0 Å². The quantitative estimate of drug-likeness (QED) is 0.750. The standard InChI is InChI=1S/C14H23N7/c1-3-6-15-14-19-12(11-13(20-14)18-9-17-11)16-8-10-5-4-7-21(10)2/h9-10H,3-8H2,1-2H3,(H3,15,16,17,18,19,20). The summed E-state index contributed by atoms with van der Waals surface area (Å²) in [6.07, 6.45) is 5.21. The summed E-state index contributed by atoms with van der Waals surface area (Å²) in [5.74, 6) is 1.47. The Balaban J connectivity index is 1.77. The Bertz CT molecular complexity index is 594. The van der Waals surface area contributed by atoms with Crippen LogP contribution in [-0.4, -0.2) is 57.6 Å². The van der Waals surface area contributed by atoms with E-state index in [1.165, 1.54) is 19.4 Å². The predicted octanol–water partition coefficient (Wildman–Crippen LogP) is 1.68. The van der Waals surface area contributed by atoms with Gasteiger partial charge < -0.3 is 20.5 Å². The second-order valence-electron chi connectivity index (χ2n) is 5.58. The SMILES string of the molecule is CCCNc1nc(NCC2CCCN2C)c2[nH]cnc2n1. The number of imidazole rings is 1. The minimum Gasteiger partial charge on any atom is -0.367 e. The number of H-pyrrole nitrogens is 1. The highest BCUT2D eigenvalue weighted by atomic mass is 15.2. The van der Waals surface area contributed by atoms with Gasteiger partial charge in [-0.25, -0.2) is 4.98 Å². The third-order valence-electron chi connectivity index (χ3n) is 4.00. The van der Waals surface area contributed by atoms with Gasteiger partial charge in [-0.1, -0.05) is 6.92 Å². The maximum Gasteiger partial charge on any atom is 0.226 e. The number of aromatic nitrogens is 4. The summed E-state index contributed by atoms with van der Waals surface area (Å²) < 4.78 is 0. The van der Waals surface area contributed by atoms with Crippen LogP contribution in [0.25, 0.3) is 11.2 Å². The van der Waals surface area contributed by atoms with E-state index >= 15 is 0 Å². The topological polar surface area (TPSA) is 81.8 Å². The van der Waals surface area contributed by atoms with Gasteiger partial charge in [-0.2, -0.15) is 9.97 Å². The van der Waals surface area contributed by atoms with E-state index in [0.717, 1.165) is 30.8 Å². The minimum absolute atomic E-state index is 0.574. The van der Waals surface area contributed by atoms with Crippen molar-refractivity contribution in [2.24, 2.45) is 0 Å². The first-order chi connectivity index (χ1) is 10.3. The molecule has 2 aromatic heterocycles. The van der Waals surface area contributed by atoms with Crippen LogP contribution in [0.4, 0.5) is 11.8 Å². The van der Waals surface area contributed by atoms with Crippen LogP contribution < -0.4 is 10.6 Å². The van der Waals surface area contributed by atoms with Crippen molar-refractivity contribution >= 4 is 22.9 Å². The van der Waals surface area contributed by atoms with E-state index in [-0.39, 0.29) is 0 Å². The van der Waals surface area contributed by atoms with Crippen LogP contribution in [0, 0.1) is 0 Å². The number of likely N-dealkylation sites (N-methyl/N-ethyl adjacent to an activating group) is 1. The summed E-state index contributed by atoms with van der Waals surface area (Å²) in [6.45, 7) is 5.06. The smallest absolute Gasteiger partial charge is 0.226 e. The summed E-state index contributed by atoms with van der Waals surface area (Å²) in [5, 5.41) is 6.69. The second-order valence-corrected chi connectivity index (χ2v) is 5.58. The van der Waals surface area contributed by atoms with Crippen molar-refractivity contribution < 1.29 is 0 Å². The van der Waals surface area contributed by atoms with E-state index in [4.69, 9.17) is 0 Å². The lowest BCUT2D eigenvalue weighted by atomic mass is 10.2. The van der Waals surface area contributed by atoms with E-state index in [0.29, 0.717) is 17.6 Å². The maximum absolute atomic E-state index is 4.57. The molecule has 0 aromatic carbocycles. The molecule has 1 unspecified atom stereocenters. The number of anilines is 2. The average molecular weight is 289 g/mol. The summed E-state index contributed by atoms with van der Waals surface area (Å²) in [5.41, 5.74) is 1.57. The van der Waals surface area contributed by atoms with Crippen molar-refractivity contribution in [2.75, 3.05) is 37.3 Å². The molecule has 0 spiro atoms. The molecule has 1 aliphatic rings. The van der Waals surface area contributed by atoms with Crippen molar-refractivity contribution in [3.05, 3.63) is 6.33 Å². The van der Waals surface area contributed by atoms with Crippen LogP contribution in [0.3, 0.4) is 0 Å². The summed E-state index contributed by atoms with van der Waals surface area (Å²) in [6, 6.07) is 0.574. The fourth-order valence-electron chi connectivity index (χ4n) is 2.73. The molecular formula is C14H23N7. The molecule has 2 aromatic rings. The van der Waals surface area contributed by atoms with Gasteiger partial charge in [0.2, 0.25) is 5.95 Å². The monoisotopic (exact) mass is 289 g/mol. The van der Waals surface area contributed by atoms with Gasteiger partial charge in [0.05, 0.1) is 6.33 Å². The zero-order valence-electron chi connectivity index (χ0n) is 12.7. The Morgan fingerprint density at radius 1 is 1.38 bits per heavy atom. The van der Waals surface area contributed by atoms with E-state index in [1.54, 1.807) is 6.33 Å². The summed E-state index contributed by atoms with van der Waals surface area (Å²) >= 11 is 0. The molecule has 1 aliphatic heterocycles. The zero-order valence-corrected chi connectivity index (χ0v) is 12.7. The number of rotatable bonds is 6. The number of aromatic amines is 1. The van der Waals surface area contributed by atoms with Crippen LogP contribution in [-0.2, 0) is 0 Å². The third kappa shape index (κ3) is 3.07. The van der Waals surface area contributed by atoms with E-state index in [1.807, 2.05) is 0 Å². The number of nitrogens with zero attached hydrogens (tertiary/aromatic N) is 4. The molecule has 0 bridgehead atoms. The molecule has 114 valence electrons. The molecular weight excluding hydrogens is 266 g/mol. The number of hydrogen-bond donors (Lipinski definition) is 3. The van der Waals surface area contributed by atoms with Gasteiger partial charge >= 0.3 is 0 Å². The Hall–Kier alpha value is -1.89. The fraction of sp³-hybridized carbons (Fsp3) is 0.643. The van der Waals surface area contributed by atoms with E-state index in [2.05, 4.69) is 49.4 Å². The largest absolute Gasteiger partial charge is 0.367 e. The third-order valence-corrected chi connectivity index (χ3v) is 4.00. The lowest BCUT2D eigenvalue weighted by Crippen LogP contribution is -2.31. The molecule has 0 aliphatic carbocycles. The minimum atomic E-state index is 0.574. The zero-order chi connectivity index (χ0) is 14.7. The fourth-order valence-corrected chi connectivity index (χ4v) is 2.73. The van der Waals surface area contributed by atoms with Crippen LogP contribution in [0.2, 0.25) is 0 Å². The first kappa shape index (κ1) is 14.1. The van der Waals surface area contributed by atoms with Crippen molar-refractivity contribution in [1.29, 1.82) is 0 Å². The Morgan fingerprint density at radius 2 is 2.29 bits per heavy atom. The average Bonchev–Trinajstić information content (AvgIpc) is 3.11. The molecule has 21 heavy (non-hydrogen) atoms. The number of nitrogens with one attached hydrogen (secondary N) is 3. The van der Waals surface area contributed by atoms with Gasteiger partial charge in [-0.3, -0.25) is 0 Å². The highest BCUT2D eigenvalue weighted by molar-refractivity contribution is 5.83. The lowest BCUT2D eigenvalue weighted by Gasteiger charge is -2.20. The molecule has 3 N–H and O–H groups in total. The van der Waals surface area contributed by atoms with Gasteiger partial charge in [0, 0.05) is 19.1 Å². The van der Waals surface area contributed by atoms with E-state index < -0.39 is 0 Å². The molecule has 1 fully saturated rings. The number of hydrogen-bond acceptors (Lipinski definition) is 6. The van der Waals surface area contributed by atoms with Crippen molar-refractivity contribution in [3.63, 3.8) is 0 Å². The number of likely N-dealkylation sites (tertiary alicyclic amines) is 1. The highest BCUT2D eigenvalue weighted by Gasteiger charge is 2.21. The summed E-state index contributed by atoms with van der Waals surface area (Å²) in [7, 11) is 2.18. The molecule has 1 saturated heterocycles. The molecule has 7 heteroatoms. The Morgan fingerprint density at radius 3 is 3.05 bits per heavy atom. The Kier molecular flexibility index (Phi) is 4.19. The van der Waals surface area contributed by atoms with Gasteiger partial charge in [-0.15, -0.1) is 0 Å². The lowest BCUT2D eigenvalue weighted by molar-refractivity contribution is 0.322. The van der Waals surface area contributed by atoms with Gasteiger partial charge in [0.15, 0.2) is 11.5 Å². The molecule has 3 heterocycles. The van der Waals surface area contributed by atoms with Crippen molar-refractivity contribution in [2.45, 2.75) is 32.2 Å². The summed E-state index contributed by atoms with van der Waals surface area (Å²) in [4.78, 5) is 18.7. The molecule has 0 saturated carbocycles. The normalized spacial score (nSPS) is 19.2. The van der Waals surface area contributed by atoms with Crippen LogP contribution in [0.15, 0.2) is 6.33 Å². The highest BCUT2D eigenvalue weighted by Crippen LogP contribution is 2.20. The van der Waals surface area contributed by atoms with Crippen molar-refractivity contribution in [1.82, 2.24) is 24.8 Å². The van der Waals surface area contributed by atoms with Crippen LogP contribution >= 0.6 is 0 Å². The van der Waals surface area contributed by atoms with Gasteiger partial charge in [-0.05, 0) is 32.9 Å². The molecule has 0 amide bonds. The second kappa shape index (κ2) is 6.26. The first-order valence-electron chi connectivity index (χ1n) is 7.67. The maximum atomic E-state index is 4.57. The Labute approximate surface area is 124 Å². The molecule has 7 nitrogen and oxygen atoms in total. The van der Waals surface area contributed by atoms with Gasteiger partial charge in [0.1, 0.15) is 5.52 Å². The first-order valence-corrected chi connectivity index (χ1v) is 7.67. The van der Waals surface area contributed by atoms with Gasteiger partial charge in [0.25, 0.3) is 0 Å².